The highest BCUT2D eigenvalue weighted by Gasteiger charge is 2.37. The van der Waals surface area contributed by atoms with E-state index in [1.807, 2.05) is 18.2 Å². The molecule has 0 radical (unpaired) electrons. The van der Waals surface area contributed by atoms with E-state index in [0.29, 0.717) is 22.7 Å². The largest absolute Gasteiger partial charge is 0.493 e. The summed E-state index contributed by atoms with van der Waals surface area (Å²) in [6.07, 6.45) is 5.37. The maximum atomic E-state index is 12.9. The normalized spacial score (nSPS) is 19.5. The van der Waals surface area contributed by atoms with Gasteiger partial charge in [-0.25, -0.2) is 0 Å². The van der Waals surface area contributed by atoms with Gasteiger partial charge < -0.3 is 14.3 Å². The number of benzene rings is 2. The van der Waals surface area contributed by atoms with Crippen molar-refractivity contribution < 1.29 is 19.1 Å². The van der Waals surface area contributed by atoms with Crippen LogP contribution in [0, 0.1) is 0 Å². The molecule has 4 rings (SSSR count). The zero-order valence-electron chi connectivity index (χ0n) is 14.7. The molecule has 1 fully saturated rings. The van der Waals surface area contributed by atoms with Crippen LogP contribution in [0.4, 0.5) is 5.69 Å². The fourth-order valence-corrected chi connectivity index (χ4v) is 3.85. The number of carbonyl (C=O) groups is 2. The third kappa shape index (κ3) is 2.73. The molecule has 1 aliphatic carbocycles. The second-order valence-electron chi connectivity index (χ2n) is 6.70. The van der Waals surface area contributed by atoms with E-state index in [9.17, 15) is 9.59 Å². The smallest absolute Gasteiger partial charge is 0.259 e. The van der Waals surface area contributed by atoms with Crippen molar-refractivity contribution in [1.29, 1.82) is 0 Å². The molecule has 1 amide bonds. The van der Waals surface area contributed by atoms with Gasteiger partial charge in [-0.05, 0) is 49.4 Å². The number of hydrogen-bond acceptors (Lipinski definition) is 4. The summed E-state index contributed by atoms with van der Waals surface area (Å²) < 4.78 is 11.5. The zero-order valence-corrected chi connectivity index (χ0v) is 14.7. The van der Waals surface area contributed by atoms with E-state index in [1.165, 1.54) is 17.7 Å². The molecule has 1 aliphatic heterocycles. The van der Waals surface area contributed by atoms with Gasteiger partial charge >= 0.3 is 0 Å². The fourth-order valence-electron chi connectivity index (χ4n) is 3.85. The summed E-state index contributed by atoms with van der Waals surface area (Å²) in [6, 6.07) is 12.0. The first-order valence-electron chi connectivity index (χ1n) is 8.95. The van der Waals surface area contributed by atoms with Crippen LogP contribution < -0.4 is 14.4 Å². The van der Waals surface area contributed by atoms with Gasteiger partial charge in [-0.2, -0.15) is 0 Å². The maximum absolute atomic E-state index is 12.9. The van der Waals surface area contributed by atoms with Crippen molar-refractivity contribution in [2.24, 2.45) is 0 Å². The molecule has 5 nitrogen and oxygen atoms in total. The second kappa shape index (κ2) is 6.83. The average molecular weight is 351 g/mol. The highest BCUT2D eigenvalue weighted by molar-refractivity contribution is 6.13. The highest BCUT2D eigenvalue weighted by atomic mass is 16.5. The molecule has 0 saturated heterocycles. The van der Waals surface area contributed by atoms with Crippen LogP contribution in [0.2, 0.25) is 0 Å². The summed E-state index contributed by atoms with van der Waals surface area (Å²) in [5.41, 5.74) is 1.94. The molecule has 0 bridgehead atoms. The highest BCUT2D eigenvalue weighted by Crippen LogP contribution is 2.40. The SMILES string of the molecule is COc1ccc(N2C(=O)c3ccccc3C2C=O)cc1OC1CCCC1. The molecule has 26 heavy (non-hydrogen) atoms. The Morgan fingerprint density at radius 2 is 1.85 bits per heavy atom. The molecular weight excluding hydrogens is 330 g/mol. The Kier molecular flexibility index (Phi) is 4.37. The van der Waals surface area contributed by atoms with Crippen molar-refractivity contribution in [1.82, 2.24) is 0 Å². The van der Waals surface area contributed by atoms with Crippen molar-refractivity contribution in [3.63, 3.8) is 0 Å². The van der Waals surface area contributed by atoms with E-state index in [2.05, 4.69) is 0 Å². The third-order valence-corrected chi connectivity index (χ3v) is 5.16. The molecule has 2 aromatic carbocycles. The number of anilines is 1. The second-order valence-corrected chi connectivity index (χ2v) is 6.70. The van der Waals surface area contributed by atoms with E-state index >= 15 is 0 Å². The van der Waals surface area contributed by atoms with Crippen LogP contribution in [0.25, 0.3) is 0 Å². The Bertz CT molecular complexity index is 842. The summed E-state index contributed by atoms with van der Waals surface area (Å²) in [4.78, 5) is 26.1. The first-order valence-corrected chi connectivity index (χ1v) is 8.95. The predicted octanol–water partition coefficient (Wildman–Crippen LogP) is 3.92. The lowest BCUT2D eigenvalue weighted by Gasteiger charge is -2.23. The standard InChI is InChI=1S/C21H21NO4/c1-25-19-11-10-14(12-20(19)26-15-6-2-3-7-15)22-18(13-23)16-8-4-5-9-17(16)21(22)24/h4-5,8-13,15,18H,2-3,6-7H2,1H3. The first-order chi connectivity index (χ1) is 12.7. The Labute approximate surface area is 152 Å². The van der Waals surface area contributed by atoms with Crippen LogP contribution >= 0.6 is 0 Å². The van der Waals surface area contributed by atoms with E-state index in [0.717, 1.165) is 24.7 Å². The lowest BCUT2D eigenvalue weighted by molar-refractivity contribution is -0.108. The maximum Gasteiger partial charge on any atom is 0.259 e. The minimum atomic E-state index is -0.619. The molecule has 1 atom stereocenters. The van der Waals surface area contributed by atoms with E-state index < -0.39 is 6.04 Å². The van der Waals surface area contributed by atoms with E-state index in [4.69, 9.17) is 9.47 Å². The number of methoxy groups -OCH3 is 1. The van der Waals surface area contributed by atoms with Gasteiger partial charge in [0, 0.05) is 17.3 Å². The summed E-state index contributed by atoms with van der Waals surface area (Å²) in [5, 5.41) is 0. The van der Waals surface area contributed by atoms with Crippen LogP contribution in [-0.4, -0.2) is 25.4 Å². The Balaban J connectivity index is 1.71. The number of hydrogen-bond donors (Lipinski definition) is 0. The Hall–Kier alpha value is -2.82. The Morgan fingerprint density at radius 1 is 1.08 bits per heavy atom. The number of fused-ring (bicyclic) bond motifs is 1. The van der Waals surface area contributed by atoms with Crippen molar-refractivity contribution in [2.45, 2.75) is 37.8 Å². The van der Waals surface area contributed by atoms with Crippen LogP contribution in [0.3, 0.4) is 0 Å². The molecule has 1 heterocycles. The summed E-state index contributed by atoms with van der Waals surface area (Å²) in [5.74, 6) is 1.08. The Morgan fingerprint density at radius 3 is 2.58 bits per heavy atom. The molecule has 5 heteroatoms. The van der Waals surface area contributed by atoms with Crippen molar-refractivity contribution in [3.05, 3.63) is 53.6 Å². The van der Waals surface area contributed by atoms with Crippen LogP contribution in [-0.2, 0) is 4.79 Å². The number of ether oxygens (including phenoxy) is 2. The van der Waals surface area contributed by atoms with Gasteiger partial charge in [-0.3, -0.25) is 9.69 Å². The van der Waals surface area contributed by atoms with Crippen LogP contribution in [0.5, 0.6) is 11.5 Å². The monoisotopic (exact) mass is 351 g/mol. The lowest BCUT2D eigenvalue weighted by Crippen LogP contribution is -2.28. The fraction of sp³-hybridized carbons (Fsp3) is 0.333. The van der Waals surface area contributed by atoms with E-state index in [1.54, 1.807) is 31.4 Å². The van der Waals surface area contributed by atoms with E-state index in [-0.39, 0.29) is 12.0 Å². The van der Waals surface area contributed by atoms with Gasteiger partial charge in [0.25, 0.3) is 5.91 Å². The minimum Gasteiger partial charge on any atom is -0.493 e. The number of amides is 1. The molecule has 134 valence electrons. The van der Waals surface area contributed by atoms with Crippen molar-refractivity contribution in [3.8, 4) is 11.5 Å². The van der Waals surface area contributed by atoms with Crippen molar-refractivity contribution >= 4 is 17.9 Å². The summed E-state index contributed by atoms with van der Waals surface area (Å²) >= 11 is 0. The molecule has 1 saturated carbocycles. The summed E-state index contributed by atoms with van der Waals surface area (Å²) in [6.45, 7) is 0. The molecule has 0 spiro atoms. The van der Waals surface area contributed by atoms with Gasteiger partial charge in [-0.1, -0.05) is 18.2 Å². The van der Waals surface area contributed by atoms with Gasteiger partial charge in [0.15, 0.2) is 11.5 Å². The van der Waals surface area contributed by atoms with Crippen LogP contribution in [0.1, 0.15) is 47.6 Å². The molecule has 0 N–H and O–H groups in total. The summed E-state index contributed by atoms with van der Waals surface area (Å²) in [7, 11) is 1.60. The third-order valence-electron chi connectivity index (χ3n) is 5.16. The number of nitrogens with zero attached hydrogens (tertiary/aromatic N) is 1. The van der Waals surface area contributed by atoms with Gasteiger partial charge in [0.05, 0.1) is 13.2 Å². The minimum absolute atomic E-state index is 0.172. The topological polar surface area (TPSA) is 55.8 Å². The molecular formula is C21H21NO4. The lowest BCUT2D eigenvalue weighted by atomic mass is 10.1. The zero-order chi connectivity index (χ0) is 18.1. The van der Waals surface area contributed by atoms with Gasteiger partial charge in [0.1, 0.15) is 12.3 Å². The molecule has 0 aromatic heterocycles. The van der Waals surface area contributed by atoms with Crippen molar-refractivity contribution in [2.75, 3.05) is 12.0 Å². The van der Waals surface area contributed by atoms with Gasteiger partial charge in [0.2, 0.25) is 0 Å². The number of rotatable bonds is 5. The molecule has 1 unspecified atom stereocenters. The number of carbonyl (C=O) groups excluding carboxylic acids is 2. The molecule has 2 aliphatic rings. The number of aldehydes is 1. The first kappa shape index (κ1) is 16.6. The van der Waals surface area contributed by atoms with Crippen LogP contribution in [0.15, 0.2) is 42.5 Å². The quantitative estimate of drug-likeness (QED) is 0.766. The predicted molar refractivity (Wildman–Crippen MR) is 97.9 cm³/mol. The molecule has 2 aromatic rings. The average Bonchev–Trinajstić information content (AvgIpc) is 3.28. The van der Waals surface area contributed by atoms with Gasteiger partial charge in [-0.15, -0.1) is 0 Å².